The number of aromatic nitrogens is 1. The molecule has 3 heteroatoms. The normalized spacial score (nSPS) is 17.6. The monoisotopic (exact) mass is 290 g/mol. The summed E-state index contributed by atoms with van der Waals surface area (Å²) in [5.41, 5.74) is 1.31. The number of ether oxygens (including phenoxy) is 1. The smallest absolute Gasteiger partial charge is 0.212 e. The van der Waals surface area contributed by atoms with Crippen LogP contribution in [0.2, 0.25) is 0 Å². The summed E-state index contributed by atoms with van der Waals surface area (Å²) in [7, 11) is 1.66. The van der Waals surface area contributed by atoms with Crippen molar-refractivity contribution in [2.24, 2.45) is 5.92 Å². The molecule has 0 aromatic carbocycles. The van der Waals surface area contributed by atoms with E-state index in [1.807, 2.05) is 12.3 Å². The maximum absolute atomic E-state index is 5.13. The minimum Gasteiger partial charge on any atom is -0.481 e. The van der Waals surface area contributed by atoms with Crippen molar-refractivity contribution < 1.29 is 4.74 Å². The van der Waals surface area contributed by atoms with Crippen LogP contribution in [0.4, 0.5) is 0 Å². The summed E-state index contributed by atoms with van der Waals surface area (Å²) < 4.78 is 5.13. The maximum atomic E-state index is 5.13. The minimum absolute atomic E-state index is 0.586. The number of nitrogens with zero attached hydrogens (tertiary/aromatic N) is 1. The van der Waals surface area contributed by atoms with Crippen molar-refractivity contribution in [3.05, 3.63) is 23.9 Å². The molecule has 1 aliphatic carbocycles. The van der Waals surface area contributed by atoms with Crippen LogP contribution in [0.3, 0.4) is 0 Å². The van der Waals surface area contributed by atoms with E-state index in [1.54, 1.807) is 7.11 Å². The average Bonchev–Trinajstić information content (AvgIpc) is 2.54. The minimum atomic E-state index is 0.586. The fourth-order valence-corrected chi connectivity index (χ4v) is 3.35. The van der Waals surface area contributed by atoms with Gasteiger partial charge in [0.1, 0.15) is 0 Å². The summed E-state index contributed by atoms with van der Waals surface area (Å²) in [5.74, 6) is 1.61. The lowest BCUT2D eigenvalue weighted by molar-refractivity contribution is 0.296. The van der Waals surface area contributed by atoms with Gasteiger partial charge in [0.15, 0.2) is 0 Å². The number of hydrogen-bond acceptors (Lipinski definition) is 3. The molecule has 1 atom stereocenters. The Kier molecular flexibility index (Phi) is 7.01. The predicted octanol–water partition coefficient (Wildman–Crippen LogP) is 3.97. The summed E-state index contributed by atoms with van der Waals surface area (Å²) in [6.45, 7) is 3.35. The lowest BCUT2D eigenvalue weighted by Crippen LogP contribution is -2.34. The van der Waals surface area contributed by atoms with Crippen LogP contribution in [-0.2, 0) is 6.42 Å². The molecule has 2 rings (SSSR count). The van der Waals surface area contributed by atoms with Crippen LogP contribution in [0.25, 0.3) is 0 Å². The zero-order valence-electron chi connectivity index (χ0n) is 13.6. The molecule has 0 radical (unpaired) electrons. The Morgan fingerprint density at radius 2 is 2.10 bits per heavy atom. The van der Waals surface area contributed by atoms with E-state index >= 15 is 0 Å². The van der Waals surface area contributed by atoms with E-state index in [4.69, 9.17) is 4.74 Å². The SMILES string of the molecule is CCCNC(Cc1ccc(OC)nc1)CC1CCCCC1. The third kappa shape index (κ3) is 5.66. The molecule has 21 heavy (non-hydrogen) atoms. The molecule has 118 valence electrons. The summed E-state index contributed by atoms with van der Waals surface area (Å²) in [6.07, 6.45) is 12.7. The Labute approximate surface area is 129 Å². The van der Waals surface area contributed by atoms with Crippen LogP contribution in [0.1, 0.15) is 57.4 Å². The molecule has 1 aromatic rings. The van der Waals surface area contributed by atoms with Crippen LogP contribution in [0.5, 0.6) is 5.88 Å². The number of hydrogen-bond donors (Lipinski definition) is 1. The van der Waals surface area contributed by atoms with Crippen LogP contribution in [-0.4, -0.2) is 24.7 Å². The van der Waals surface area contributed by atoms with Gasteiger partial charge < -0.3 is 10.1 Å². The quantitative estimate of drug-likeness (QED) is 0.786. The second kappa shape index (κ2) is 9.04. The van der Waals surface area contributed by atoms with E-state index in [0.717, 1.165) is 18.9 Å². The molecule has 1 unspecified atom stereocenters. The second-order valence-electron chi connectivity index (χ2n) is 6.30. The molecule has 1 aromatic heterocycles. The molecule has 0 aliphatic heterocycles. The van der Waals surface area contributed by atoms with E-state index in [9.17, 15) is 0 Å². The third-order valence-corrected chi connectivity index (χ3v) is 4.51. The number of nitrogens with one attached hydrogen (secondary N) is 1. The van der Waals surface area contributed by atoms with Gasteiger partial charge in [0, 0.05) is 18.3 Å². The fraction of sp³-hybridized carbons (Fsp3) is 0.722. The first-order valence-corrected chi connectivity index (χ1v) is 8.54. The summed E-state index contributed by atoms with van der Waals surface area (Å²) in [4.78, 5) is 4.33. The Bertz CT molecular complexity index is 385. The average molecular weight is 290 g/mol. The van der Waals surface area contributed by atoms with Crippen molar-refractivity contribution in [3.8, 4) is 5.88 Å². The van der Waals surface area contributed by atoms with Crippen molar-refractivity contribution in [1.29, 1.82) is 0 Å². The number of methoxy groups -OCH3 is 1. The van der Waals surface area contributed by atoms with Gasteiger partial charge in [-0.25, -0.2) is 4.98 Å². The Hall–Kier alpha value is -1.09. The van der Waals surface area contributed by atoms with Crippen molar-refractivity contribution in [2.45, 2.75) is 64.3 Å². The molecule has 0 bridgehead atoms. The third-order valence-electron chi connectivity index (χ3n) is 4.51. The first-order chi connectivity index (χ1) is 10.3. The first-order valence-electron chi connectivity index (χ1n) is 8.54. The van der Waals surface area contributed by atoms with Crippen LogP contribution in [0, 0.1) is 5.92 Å². The highest BCUT2D eigenvalue weighted by Gasteiger charge is 2.19. The number of rotatable bonds is 8. The fourth-order valence-electron chi connectivity index (χ4n) is 3.35. The van der Waals surface area contributed by atoms with E-state index in [2.05, 4.69) is 23.3 Å². The zero-order chi connectivity index (χ0) is 14.9. The Balaban J connectivity index is 1.90. The van der Waals surface area contributed by atoms with Crippen molar-refractivity contribution in [3.63, 3.8) is 0 Å². The molecule has 1 aliphatic rings. The summed E-state index contributed by atoms with van der Waals surface area (Å²) in [5, 5.41) is 3.73. The van der Waals surface area contributed by atoms with Gasteiger partial charge in [-0.1, -0.05) is 45.1 Å². The first kappa shape index (κ1) is 16.3. The van der Waals surface area contributed by atoms with Gasteiger partial charge in [-0.05, 0) is 37.3 Å². The molecular formula is C18H30N2O. The zero-order valence-corrected chi connectivity index (χ0v) is 13.6. The Morgan fingerprint density at radius 1 is 1.29 bits per heavy atom. The van der Waals surface area contributed by atoms with Gasteiger partial charge in [-0.3, -0.25) is 0 Å². The molecule has 0 saturated heterocycles. The standard InChI is InChI=1S/C18H30N2O/c1-3-11-19-17(12-15-7-5-4-6-8-15)13-16-9-10-18(21-2)20-14-16/h9-10,14-15,17,19H,3-8,11-13H2,1-2H3. The molecular weight excluding hydrogens is 260 g/mol. The lowest BCUT2D eigenvalue weighted by Gasteiger charge is -2.27. The summed E-state index contributed by atoms with van der Waals surface area (Å²) >= 11 is 0. The van der Waals surface area contributed by atoms with E-state index in [1.165, 1.54) is 50.5 Å². The van der Waals surface area contributed by atoms with Gasteiger partial charge in [0.2, 0.25) is 5.88 Å². The number of pyridine rings is 1. The highest BCUT2D eigenvalue weighted by molar-refractivity contribution is 5.18. The molecule has 1 fully saturated rings. The van der Waals surface area contributed by atoms with Crippen LogP contribution >= 0.6 is 0 Å². The highest BCUT2D eigenvalue weighted by atomic mass is 16.5. The van der Waals surface area contributed by atoms with Crippen molar-refractivity contribution in [1.82, 2.24) is 10.3 Å². The topological polar surface area (TPSA) is 34.1 Å². The molecule has 3 nitrogen and oxygen atoms in total. The van der Waals surface area contributed by atoms with Gasteiger partial charge >= 0.3 is 0 Å². The molecule has 1 heterocycles. The van der Waals surface area contributed by atoms with Crippen LogP contribution < -0.4 is 10.1 Å². The van der Waals surface area contributed by atoms with Crippen LogP contribution in [0.15, 0.2) is 18.3 Å². The van der Waals surface area contributed by atoms with Gasteiger partial charge in [-0.15, -0.1) is 0 Å². The molecule has 1 N–H and O–H groups in total. The molecule has 0 spiro atoms. The van der Waals surface area contributed by atoms with E-state index in [0.29, 0.717) is 11.9 Å². The Morgan fingerprint density at radius 3 is 2.71 bits per heavy atom. The summed E-state index contributed by atoms with van der Waals surface area (Å²) in [6, 6.07) is 4.70. The van der Waals surface area contributed by atoms with Gasteiger partial charge in [0.05, 0.1) is 7.11 Å². The molecule has 0 amide bonds. The largest absolute Gasteiger partial charge is 0.481 e. The second-order valence-corrected chi connectivity index (χ2v) is 6.30. The van der Waals surface area contributed by atoms with Gasteiger partial charge in [0.25, 0.3) is 0 Å². The van der Waals surface area contributed by atoms with Crippen molar-refractivity contribution in [2.75, 3.05) is 13.7 Å². The van der Waals surface area contributed by atoms with Gasteiger partial charge in [-0.2, -0.15) is 0 Å². The lowest BCUT2D eigenvalue weighted by atomic mass is 9.83. The van der Waals surface area contributed by atoms with E-state index < -0.39 is 0 Å². The highest BCUT2D eigenvalue weighted by Crippen LogP contribution is 2.28. The maximum Gasteiger partial charge on any atom is 0.212 e. The van der Waals surface area contributed by atoms with E-state index in [-0.39, 0.29) is 0 Å². The van der Waals surface area contributed by atoms with Crippen molar-refractivity contribution >= 4 is 0 Å². The molecule has 1 saturated carbocycles. The predicted molar refractivity (Wildman–Crippen MR) is 87.8 cm³/mol.